The maximum absolute atomic E-state index is 12.4. The standard InChI is InChI=1S/C14H11ClF2N2O3/c15-10-2-11-8(1-12(10)22-14(16)17)9-5-19(13(21)6-20)4-7(9)3-18-11/h1-3,14,20H,4-6H2. The monoisotopic (exact) mass is 328 g/mol. The molecule has 22 heavy (non-hydrogen) atoms. The van der Waals surface area contributed by atoms with Gasteiger partial charge in [-0.25, -0.2) is 0 Å². The van der Waals surface area contributed by atoms with Crippen LogP contribution in [0.15, 0.2) is 18.3 Å². The van der Waals surface area contributed by atoms with E-state index in [2.05, 4.69) is 9.72 Å². The molecule has 1 N–H and O–H groups in total. The highest BCUT2D eigenvalue weighted by Crippen LogP contribution is 2.35. The molecule has 1 aliphatic rings. The van der Waals surface area contributed by atoms with Gasteiger partial charge >= 0.3 is 6.61 Å². The Hall–Kier alpha value is -1.99. The number of ether oxygens (including phenoxy) is 1. The van der Waals surface area contributed by atoms with Crippen LogP contribution in [0.5, 0.6) is 5.75 Å². The van der Waals surface area contributed by atoms with Gasteiger partial charge in [0.1, 0.15) is 12.4 Å². The average Bonchev–Trinajstić information content (AvgIpc) is 2.91. The minimum atomic E-state index is -2.98. The van der Waals surface area contributed by atoms with Crippen LogP contribution in [0.1, 0.15) is 11.1 Å². The van der Waals surface area contributed by atoms with Crippen LogP contribution in [0.2, 0.25) is 5.02 Å². The number of alkyl halides is 2. The van der Waals surface area contributed by atoms with E-state index in [9.17, 15) is 13.6 Å². The van der Waals surface area contributed by atoms with Crippen LogP contribution in [0, 0.1) is 0 Å². The number of nitrogens with zero attached hydrogens (tertiary/aromatic N) is 2. The maximum atomic E-state index is 12.4. The number of carbonyl (C=O) groups excluding carboxylic acids is 1. The van der Waals surface area contributed by atoms with Crippen LogP contribution in [-0.4, -0.2) is 34.1 Å². The van der Waals surface area contributed by atoms with Crippen LogP contribution in [0.25, 0.3) is 10.9 Å². The number of aliphatic hydroxyl groups excluding tert-OH is 1. The number of pyridine rings is 1. The fourth-order valence-electron chi connectivity index (χ4n) is 2.53. The van der Waals surface area contributed by atoms with Crippen molar-refractivity contribution in [3.63, 3.8) is 0 Å². The van der Waals surface area contributed by atoms with Crippen molar-refractivity contribution in [3.8, 4) is 5.75 Å². The summed E-state index contributed by atoms with van der Waals surface area (Å²) in [6.45, 7) is -2.95. The Bertz CT molecular complexity index is 754. The van der Waals surface area contributed by atoms with Gasteiger partial charge in [-0.15, -0.1) is 0 Å². The molecular weight excluding hydrogens is 318 g/mol. The molecule has 0 atom stereocenters. The van der Waals surface area contributed by atoms with Crippen LogP contribution in [0.4, 0.5) is 8.78 Å². The van der Waals surface area contributed by atoms with Crippen molar-refractivity contribution < 1.29 is 23.4 Å². The molecule has 0 spiro atoms. The van der Waals surface area contributed by atoms with Crippen LogP contribution in [-0.2, 0) is 17.9 Å². The maximum Gasteiger partial charge on any atom is 0.387 e. The van der Waals surface area contributed by atoms with Gasteiger partial charge in [-0.1, -0.05) is 11.6 Å². The van der Waals surface area contributed by atoms with Gasteiger partial charge in [0.25, 0.3) is 0 Å². The summed E-state index contributed by atoms with van der Waals surface area (Å²) >= 11 is 5.90. The van der Waals surface area contributed by atoms with E-state index in [0.717, 1.165) is 11.1 Å². The van der Waals surface area contributed by atoms with Crippen molar-refractivity contribution in [2.24, 2.45) is 0 Å². The van der Waals surface area contributed by atoms with Gasteiger partial charge in [-0.3, -0.25) is 9.78 Å². The first kappa shape index (κ1) is 14.9. The van der Waals surface area contributed by atoms with Gasteiger partial charge in [0, 0.05) is 24.7 Å². The second-order valence-corrected chi connectivity index (χ2v) is 5.26. The summed E-state index contributed by atoms with van der Waals surface area (Å²) in [4.78, 5) is 17.3. The van der Waals surface area contributed by atoms with Gasteiger partial charge < -0.3 is 14.7 Å². The second kappa shape index (κ2) is 5.66. The molecule has 8 heteroatoms. The molecule has 2 aromatic rings. The Balaban J connectivity index is 2.07. The minimum absolute atomic E-state index is 0.0431. The lowest BCUT2D eigenvalue weighted by molar-refractivity contribution is -0.134. The number of rotatable bonds is 3. The number of fused-ring (bicyclic) bond motifs is 3. The molecule has 0 unspecified atom stereocenters. The molecule has 2 heterocycles. The van der Waals surface area contributed by atoms with Crippen LogP contribution >= 0.6 is 11.6 Å². The summed E-state index contributed by atoms with van der Waals surface area (Å²) in [6, 6.07) is 2.86. The molecule has 5 nitrogen and oxygen atoms in total. The summed E-state index contributed by atoms with van der Waals surface area (Å²) in [5, 5.41) is 9.59. The van der Waals surface area contributed by atoms with Crippen molar-refractivity contribution in [2.75, 3.05) is 6.61 Å². The number of hydrogen-bond donors (Lipinski definition) is 1. The van der Waals surface area contributed by atoms with E-state index in [0.29, 0.717) is 17.4 Å². The third-order valence-electron chi connectivity index (χ3n) is 3.54. The molecule has 1 aliphatic heterocycles. The first-order valence-electron chi connectivity index (χ1n) is 6.43. The number of aliphatic hydroxyl groups is 1. The van der Waals surface area contributed by atoms with E-state index < -0.39 is 19.1 Å². The Morgan fingerprint density at radius 1 is 1.45 bits per heavy atom. The van der Waals surface area contributed by atoms with Crippen molar-refractivity contribution in [1.82, 2.24) is 9.88 Å². The molecule has 1 aromatic carbocycles. The molecule has 0 fully saturated rings. The van der Waals surface area contributed by atoms with Crippen molar-refractivity contribution >= 4 is 28.4 Å². The second-order valence-electron chi connectivity index (χ2n) is 4.85. The lowest BCUT2D eigenvalue weighted by Crippen LogP contribution is -2.27. The Morgan fingerprint density at radius 2 is 2.23 bits per heavy atom. The van der Waals surface area contributed by atoms with E-state index in [4.69, 9.17) is 16.7 Å². The van der Waals surface area contributed by atoms with Crippen molar-refractivity contribution in [2.45, 2.75) is 19.7 Å². The van der Waals surface area contributed by atoms with E-state index >= 15 is 0 Å². The third kappa shape index (κ3) is 2.57. The molecule has 3 rings (SSSR count). The predicted octanol–water partition coefficient (Wildman–Crippen LogP) is 2.32. The Morgan fingerprint density at radius 3 is 2.91 bits per heavy atom. The van der Waals surface area contributed by atoms with E-state index in [-0.39, 0.29) is 17.3 Å². The first-order chi connectivity index (χ1) is 10.5. The summed E-state index contributed by atoms with van der Waals surface area (Å²) in [6.07, 6.45) is 1.62. The number of aromatic nitrogens is 1. The number of carbonyl (C=O) groups is 1. The zero-order chi connectivity index (χ0) is 15.9. The van der Waals surface area contributed by atoms with E-state index in [1.165, 1.54) is 17.0 Å². The largest absolute Gasteiger partial charge is 0.433 e. The number of benzene rings is 1. The molecule has 0 radical (unpaired) electrons. The van der Waals surface area contributed by atoms with E-state index in [1.807, 2.05) is 0 Å². The SMILES string of the molecule is O=C(CO)N1Cc2cnc3cc(Cl)c(OC(F)F)cc3c2C1. The van der Waals surface area contributed by atoms with Crippen LogP contribution in [0.3, 0.4) is 0 Å². The summed E-state index contributed by atoms with van der Waals surface area (Å²) in [7, 11) is 0. The average molecular weight is 329 g/mol. The van der Waals surface area contributed by atoms with Gasteiger partial charge in [-0.05, 0) is 23.3 Å². The number of amides is 1. The Kier molecular flexibility index (Phi) is 3.84. The predicted molar refractivity (Wildman–Crippen MR) is 74.7 cm³/mol. The van der Waals surface area contributed by atoms with Crippen molar-refractivity contribution in [3.05, 3.63) is 34.5 Å². The number of halogens is 3. The molecule has 0 aliphatic carbocycles. The van der Waals surface area contributed by atoms with Gasteiger partial charge in [0.2, 0.25) is 5.91 Å². The minimum Gasteiger partial charge on any atom is -0.433 e. The highest BCUT2D eigenvalue weighted by atomic mass is 35.5. The molecule has 1 aromatic heterocycles. The highest BCUT2D eigenvalue weighted by molar-refractivity contribution is 6.32. The molecule has 1 amide bonds. The topological polar surface area (TPSA) is 62.7 Å². The third-order valence-corrected chi connectivity index (χ3v) is 3.83. The fraction of sp³-hybridized carbons (Fsp3) is 0.286. The van der Waals surface area contributed by atoms with Gasteiger partial charge in [0.15, 0.2) is 0 Å². The molecule has 116 valence electrons. The van der Waals surface area contributed by atoms with E-state index in [1.54, 1.807) is 6.20 Å². The normalized spacial score (nSPS) is 13.8. The fourth-order valence-corrected chi connectivity index (χ4v) is 2.73. The summed E-state index contributed by atoms with van der Waals surface area (Å²) < 4.78 is 29.2. The lowest BCUT2D eigenvalue weighted by Gasteiger charge is -2.13. The molecule has 0 saturated heterocycles. The zero-order valence-electron chi connectivity index (χ0n) is 11.2. The van der Waals surface area contributed by atoms with Crippen molar-refractivity contribution in [1.29, 1.82) is 0 Å². The van der Waals surface area contributed by atoms with Gasteiger partial charge in [0.05, 0.1) is 10.5 Å². The molecular formula is C14H11ClF2N2O3. The highest BCUT2D eigenvalue weighted by Gasteiger charge is 2.25. The summed E-state index contributed by atoms with van der Waals surface area (Å²) in [5.74, 6) is -0.534. The lowest BCUT2D eigenvalue weighted by atomic mass is 10.1. The zero-order valence-corrected chi connectivity index (χ0v) is 12.0. The molecule has 0 bridgehead atoms. The quantitative estimate of drug-likeness (QED) is 0.939. The smallest absolute Gasteiger partial charge is 0.387 e. The Labute approximate surface area is 129 Å². The molecule has 0 saturated carbocycles. The number of hydrogen-bond acceptors (Lipinski definition) is 4. The summed E-state index contributed by atoms with van der Waals surface area (Å²) in [5.41, 5.74) is 2.13. The first-order valence-corrected chi connectivity index (χ1v) is 6.81. The van der Waals surface area contributed by atoms with Crippen LogP contribution < -0.4 is 4.74 Å². The van der Waals surface area contributed by atoms with Gasteiger partial charge in [-0.2, -0.15) is 8.78 Å².